The Kier molecular flexibility index (Phi) is 4.72. The minimum Gasteiger partial charge on any atom is -0.468 e. The predicted octanol–water partition coefficient (Wildman–Crippen LogP) is 1.69. The van der Waals surface area contributed by atoms with Crippen molar-refractivity contribution in [1.82, 2.24) is 20.6 Å². The Balaban J connectivity index is 1.53. The summed E-state index contributed by atoms with van der Waals surface area (Å²) in [6.07, 6.45) is 0.898. The maximum Gasteiger partial charge on any atom is 0.422 e. The van der Waals surface area contributed by atoms with Gasteiger partial charge in [0, 0.05) is 12.1 Å². The van der Waals surface area contributed by atoms with E-state index in [1.165, 1.54) is 12.8 Å². The largest absolute Gasteiger partial charge is 0.468 e. The van der Waals surface area contributed by atoms with Crippen LogP contribution >= 0.6 is 0 Å². The number of carbonyl (C=O) groups excluding carboxylic acids is 1. The molecule has 1 aromatic rings. The molecule has 1 aromatic heterocycles. The van der Waals surface area contributed by atoms with Gasteiger partial charge in [-0.2, -0.15) is 13.2 Å². The van der Waals surface area contributed by atoms with Gasteiger partial charge in [-0.1, -0.05) is 0 Å². The topological polar surface area (TPSA) is 96.4 Å². The number of alkyl halides is 3. The molecule has 138 valence electrons. The molecule has 0 bridgehead atoms. The van der Waals surface area contributed by atoms with Gasteiger partial charge in [0.1, 0.15) is 6.33 Å². The zero-order valence-corrected chi connectivity index (χ0v) is 13.3. The third kappa shape index (κ3) is 4.71. The van der Waals surface area contributed by atoms with Crippen LogP contribution in [0.4, 0.5) is 18.0 Å². The summed E-state index contributed by atoms with van der Waals surface area (Å²) in [6, 6.07) is -0.0323. The number of aliphatic hydroxyl groups is 1. The van der Waals surface area contributed by atoms with Crippen molar-refractivity contribution in [3.05, 3.63) is 18.1 Å². The second kappa shape index (κ2) is 6.66. The zero-order chi connectivity index (χ0) is 18.1. The van der Waals surface area contributed by atoms with Gasteiger partial charge in [0.05, 0.1) is 18.3 Å². The Hall–Kier alpha value is -2.10. The summed E-state index contributed by atoms with van der Waals surface area (Å²) >= 11 is 0. The first-order valence-corrected chi connectivity index (χ1v) is 7.98. The molecule has 0 saturated heterocycles. The van der Waals surface area contributed by atoms with Crippen LogP contribution in [0.1, 0.15) is 37.4 Å². The Bertz CT molecular complexity index is 629. The molecule has 2 saturated carbocycles. The van der Waals surface area contributed by atoms with E-state index in [1.807, 2.05) is 0 Å². The molecule has 0 aliphatic heterocycles. The smallest absolute Gasteiger partial charge is 0.422 e. The van der Waals surface area contributed by atoms with Crippen molar-refractivity contribution in [2.45, 2.75) is 43.9 Å². The number of ether oxygens (including phenoxy) is 1. The maximum absolute atomic E-state index is 12.2. The summed E-state index contributed by atoms with van der Waals surface area (Å²) in [4.78, 5) is 19.5. The van der Waals surface area contributed by atoms with E-state index in [-0.39, 0.29) is 17.6 Å². The molecule has 2 amide bonds. The number of halogens is 3. The minimum atomic E-state index is -4.48. The van der Waals surface area contributed by atoms with Crippen LogP contribution < -0.4 is 15.4 Å². The third-order valence-corrected chi connectivity index (χ3v) is 4.54. The van der Waals surface area contributed by atoms with Crippen molar-refractivity contribution >= 4 is 6.03 Å². The number of aromatic nitrogens is 2. The van der Waals surface area contributed by atoms with Crippen molar-refractivity contribution in [1.29, 1.82) is 0 Å². The van der Waals surface area contributed by atoms with Crippen LogP contribution in [-0.2, 0) is 0 Å². The number of carbonyl (C=O) groups is 1. The van der Waals surface area contributed by atoms with Gasteiger partial charge in [0.15, 0.2) is 6.61 Å². The van der Waals surface area contributed by atoms with Crippen molar-refractivity contribution in [3.63, 3.8) is 0 Å². The summed E-state index contributed by atoms with van der Waals surface area (Å²) in [5, 5.41) is 14.8. The van der Waals surface area contributed by atoms with Gasteiger partial charge in [0.2, 0.25) is 5.88 Å². The number of nitrogens with one attached hydrogen (secondary N) is 2. The van der Waals surface area contributed by atoms with Crippen LogP contribution in [0.3, 0.4) is 0 Å². The number of hydrogen-bond donors (Lipinski definition) is 3. The van der Waals surface area contributed by atoms with Gasteiger partial charge in [-0.25, -0.2) is 14.8 Å². The van der Waals surface area contributed by atoms with E-state index in [1.54, 1.807) is 0 Å². The third-order valence-electron chi connectivity index (χ3n) is 4.54. The molecular formula is C15H19F3N4O3. The Morgan fingerprint density at radius 1 is 1.40 bits per heavy atom. The fourth-order valence-electron chi connectivity index (χ4n) is 3.05. The molecule has 2 aliphatic rings. The Labute approximate surface area is 142 Å². The van der Waals surface area contributed by atoms with Crippen molar-refractivity contribution in [3.8, 4) is 5.88 Å². The van der Waals surface area contributed by atoms with Crippen LogP contribution in [0.2, 0.25) is 0 Å². The van der Waals surface area contributed by atoms with E-state index in [9.17, 15) is 23.1 Å². The second-order valence-electron chi connectivity index (χ2n) is 6.64. The van der Waals surface area contributed by atoms with Crippen LogP contribution in [-0.4, -0.2) is 46.5 Å². The number of rotatable bonds is 6. The van der Waals surface area contributed by atoms with Gasteiger partial charge in [-0.15, -0.1) is 0 Å². The molecule has 7 nitrogen and oxygen atoms in total. The first-order chi connectivity index (χ1) is 11.8. The van der Waals surface area contributed by atoms with Crippen molar-refractivity contribution in [2.24, 2.45) is 5.41 Å². The maximum atomic E-state index is 12.2. The second-order valence-corrected chi connectivity index (χ2v) is 6.64. The number of nitrogens with zero attached hydrogens (tertiary/aromatic N) is 2. The first-order valence-electron chi connectivity index (χ1n) is 7.98. The molecule has 2 fully saturated rings. The lowest BCUT2D eigenvalue weighted by atomic mass is 9.77. The summed E-state index contributed by atoms with van der Waals surface area (Å²) in [5.41, 5.74) is 0.614. The summed E-state index contributed by atoms with van der Waals surface area (Å²) in [6.45, 7) is -1.94. The number of aliphatic hydroxyl groups excluding tert-OH is 1. The van der Waals surface area contributed by atoms with Gasteiger partial charge in [-0.3, -0.25) is 0 Å². The monoisotopic (exact) mass is 360 g/mol. The lowest BCUT2D eigenvalue weighted by molar-refractivity contribution is -0.154. The molecule has 3 rings (SSSR count). The minimum absolute atomic E-state index is 0.123. The van der Waals surface area contributed by atoms with Gasteiger partial charge >= 0.3 is 12.2 Å². The fourth-order valence-corrected chi connectivity index (χ4v) is 3.05. The van der Waals surface area contributed by atoms with Crippen molar-refractivity contribution < 1.29 is 27.8 Å². The first kappa shape index (κ1) is 17.7. The van der Waals surface area contributed by atoms with Crippen LogP contribution in [0.25, 0.3) is 0 Å². The Morgan fingerprint density at radius 2 is 2.12 bits per heavy atom. The highest BCUT2D eigenvalue weighted by molar-refractivity contribution is 5.75. The van der Waals surface area contributed by atoms with E-state index in [0.717, 1.165) is 25.2 Å². The van der Waals surface area contributed by atoms with Gasteiger partial charge in [-0.05, 0) is 31.1 Å². The fraction of sp³-hybridized carbons (Fsp3) is 0.667. The molecule has 1 heterocycles. The number of amides is 2. The Morgan fingerprint density at radius 3 is 2.72 bits per heavy atom. The summed E-state index contributed by atoms with van der Waals surface area (Å²) in [7, 11) is 0. The molecule has 2 aliphatic carbocycles. The van der Waals surface area contributed by atoms with E-state index < -0.39 is 31.5 Å². The molecule has 1 atom stereocenters. The number of urea groups is 1. The highest BCUT2D eigenvalue weighted by Gasteiger charge is 2.53. The molecule has 0 radical (unpaired) electrons. The summed E-state index contributed by atoms with van der Waals surface area (Å²) < 4.78 is 41.1. The standard InChI is InChI=1S/C15H19F3N4O3/c16-15(17,18)7-25-12-3-10(19-8-20-12)11(6-23)22-13(24)21-9-4-14(5-9)1-2-14/h3,8-9,11,23H,1-2,4-7H2,(H2,21,22,24). The van der Waals surface area contributed by atoms with E-state index in [2.05, 4.69) is 25.3 Å². The SMILES string of the molecule is O=C(NC1CC2(CC2)C1)NC(CO)c1cc(OCC(F)(F)F)ncn1. The van der Waals surface area contributed by atoms with E-state index in [4.69, 9.17) is 0 Å². The number of hydrogen-bond acceptors (Lipinski definition) is 5. The van der Waals surface area contributed by atoms with Gasteiger partial charge < -0.3 is 20.5 Å². The molecular weight excluding hydrogens is 341 g/mol. The lowest BCUT2D eigenvalue weighted by Crippen LogP contribution is -2.50. The average Bonchev–Trinajstić information content (AvgIpc) is 3.30. The lowest BCUT2D eigenvalue weighted by Gasteiger charge is -2.36. The highest BCUT2D eigenvalue weighted by atomic mass is 19.4. The molecule has 25 heavy (non-hydrogen) atoms. The van der Waals surface area contributed by atoms with E-state index >= 15 is 0 Å². The van der Waals surface area contributed by atoms with Gasteiger partial charge in [0.25, 0.3) is 0 Å². The highest BCUT2D eigenvalue weighted by Crippen LogP contribution is 2.60. The molecule has 1 spiro atoms. The molecule has 10 heteroatoms. The van der Waals surface area contributed by atoms with Crippen LogP contribution in [0, 0.1) is 5.41 Å². The molecule has 3 N–H and O–H groups in total. The summed E-state index contributed by atoms with van der Waals surface area (Å²) in [5.74, 6) is -0.280. The van der Waals surface area contributed by atoms with Crippen LogP contribution in [0.15, 0.2) is 12.4 Å². The van der Waals surface area contributed by atoms with E-state index in [0.29, 0.717) is 5.41 Å². The molecule has 1 unspecified atom stereocenters. The average molecular weight is 360 g/mol. The molecule has 0 aromatic carbocycles. The predicted molar refractivity (Wildman–Crippen MR) is 79.8 cm³/mol. The normalized spacial score (nSPS) is 19.8. The van der Waals surface area contributed by atoms with Crippen LogP contribution in [0.5, 0.6) is 5.88 Å². The quantitative estimate of drug-likeness (QED) is 0.717. The zero-order valence-electron chi connectivity index (χ0n) is 13.3. The van der Waals surface area contributed by atoms with Crippen molar-refractivity contribution in [2.75, 3.05) is 13.2 Å².